The fourth-order valence-corrected chi connectivity index (χ4v) is 4.51. The molecular weight excluding hydrogens is 466 g/mol. The molecule has 0 atom stereocenters. The summed E-state index contributed by atoms with van der Waals surface area (Å²) in [6, 6.07) is 13.0. The first-order valence-electron chi connectivity index (χ1n) is 12.8. The SMILES string of the molecule is CCn1nc(C)c(-c2ccc(N(CC(C)C)CC(C)C)c(NC(=O)Nc3ccc(C)cc3)c2)c1C(=O)O. The van der Waals surface area contributed by atoms with Gasteiger partial charge in [-0.3, -0.25) is 4.68 Å². The van der Waals surface area contributed by atoms with E-state index in [1.165, 1.54) is 4.68 Å². The predicted octanol–water partition coefficient (Wildman–Crippen LogP) is 6.65. The van der Waals surface area contributed by atoms with Crippen LogP contribution in [-0.4, -0.2) is 40.0 Å². The Morgan fingerprint density at radius 1 is 0.973 bits per heavy atom. The summed E-state index contributed by atoms with van der Waals surface area (Å²) in [5.74, 6) is -0.206. The summed E-state index contributed by atoms with van der Waals surface area (Å²) in [5.41, 5.74) is 5.32. The van der Waals surface area contributed by atoms with E-state index in [0.717, 1.165) is 24.3 Å². The number of aromatic carboxylic acids is 1. The van der Waals surface area contributed by atoms with Crippen molar-refractivity contribution in [1.82, 2.24) is 9.78 Å². The highest BCUT2D eigenvalue weighted by atomic mass is 16.4. The molecule has 8 heteroatoms. The highest BCUT2D eigenvalue weighted by Gasteiger charge is 2.24. The molecular formula is C29H39N5O3. The number of nitrogens with one attached hydrogen (secondary N) is 2. The average molecular weight is 506 g/mol. The molecule has 0 fully saturated rings. The molecule has 37 heavy (non-hydrogen) atoms. The third kappa shape index (κ3) is 6.90. The highest BCUT2D eigenvalue weighted by Crippen LogP contribution is 2.35. The maximum Gasteiger partial charge on any atom is 0.354 e. The fourth-order valence-electron chi connectivity index (χ4n) is 4.51. The summed E-state index contributed by atoms with van der Waals surface area (Å²) in [6.07, 6.45) is 0. The van der Waals surface area contributed by atoms with E-state index in [1.807, 2.05) is 63.2 Å². The minimum absolute atomic E-state index is 0.143. The van der Waals surface area contributed by atoms with Crippen molar-refractivity contribution in [2.75, 3.05) is 28.6 Å². The number of hydrogen-bond donors (Lipinski definition) is 3. The van der Waals surface area contributed by atoms with Gasteiger partial charge in [-0.1, -0.05) is 51.5 Å². The molecule has 1 aromatic heterocycles. The third-order valence-electron chi connectivity index (χ3n) is 5.98. The maximum absolute atomic E-state index is 13.1. The number of aromatic nitrogens is 2. The van der Waals surface area contributed by atoms with E-state index in [2.05, 4.69) is 48.3 Å². The van der Waals surface area contributed by atoms with E-state index >= 15 is 0 Å². The molecule has 0 saturated heterocycles. The number of carboxylic acids is 1. The number of anilines is 3. The van der Waals surface area contributed by atoms with Crippen LogP contribution < -0.4 is 15.5 Å². The van der Waals surface area contributed by atoms with Crippen molar-refractivity contribution in [3.05, 3.63) is 59.4 Å². The van der Waals surface area contributed by atoms with E-state index in [0.29, 0.717) is 46.6 Å². The van der Waals surface area contributed by atoms with Gasteiger partial charge in [-0.15, -0.1) is 0 Å². The summed E-state index contributed by atoms with van der Waals surface area (Å²) >= 11 is 0. The van der Waals surface area contributed by atoms with Crippen LogP contribution in [0.1, 0.15) is 56.4 Å². The standard InChI is InChI=1S/C29H39N5O3/c1-8-34-27(28(35)36)26(21(7)32-34)22-11-14-25(33(16-18(2)3)17-19(4)5)24(15-22)31-29(37)30-23-12-9-20(6)10-13-23/h9-15,18-19H,8,16-17H2,1-7H3,(H,35,36)(H2,30,31,37). The Morgan fingerprint density at radius 3 is 2.14 bits per heavy atom. The smallest absolute Gasteiger partial charge is 0.354 e. The molecule has 0 spiro atoms. The van der Waals surface area contributed by atoms with E-state index in [1.54, 1.807) is 0 Å². The van der Waals surface area contributed by atoms with Gasteiger partial charge < -0.3 is 20.6 Å². The summed E-state index contributed by atoms with van der Waals surface area (Å²) in [7, 11) is 0. The Bertz CT molecular complexity index is 1240. The number of aryl methyl sites for hydroxylation is 3. The Balaban J connectivity index is 2.09. The van der Waals surface area contributed by atoms with Gasteiger partial charge in [0.05, 0.1) is 17.1 Å². The molecule has 0 aliphatic rings. The van der Waals surface area contributed by atoms with Crippen LogP contribution in [0.4, 0.5) is 21.9 Å². The van der Waals surface area contributed by atoms with Gasteiger partial charge in [0.2, 0.25) is 0 Å². The largest absolute Gasteiger partial charge is 0.477 e. The molecule has 0 aliphatic carbocycles. The molecule has 0 aliphatic heterocycles. The van der Waals surface area contributed by atoms with Crippen molar-refractivity contribution in [2.24, 2.45) is 11.8 Å². The molecule has 198 valence electrons. The van der Waals surface area contributed by atoms with Gasteiger partial charge in [-0.25, -0.2) is 9.59 Å². The van der Waals surface area contributed by atoms with Crippen LogP contribution in [0.2, 0.25) is 0 Å². The number of carbonyl (C=O) groups is 2. The molecule has 1 heterocycles. The van der Waals surface area contributed by atoms with Crippen LogP contribution in [0.3, 0.4) is 0 Å². The summed E-state index contributed by atoms with van der Waals surface area (Å²) in [4.78, 5) is 27.5. The van der Waals surface area contributed by atoms with Gasteiger partial charge in [0.15, 0.2) is 5.69 Å². The molecule has 2 aromatic carbocycles. The molecule has 3 rings (SSSR count). The Morgan fingerprint density at radius 2 is 1.59 bits per heavy atom. The number of carbonyl (C=O) groups excluding carboxylic acids is 1. The monoisotopic (exact) mass is 505 g/mol. The lowest BCUT2D eigenvalue weighted by atomic mass is 10.0. The highest BCUT2D eigenvalue weighted by molar-refractivity contribution is 6.03. The zero-order valence-electron chi connectivity index (χ0n) is 22.9. The van der Waals surface area contributed by atoms with Crippen molar-refractivity contribution in [1.29, 1.82) is 0 Å². The van der Waals surface area contributed by atoms with Crippen LogP contribution in [0.5, 0.6) is 0 Å². The van der Waals surface area contributed by atoms with Crippen molar-refractivity contribution >= 4 is 29.1 Å². The first-order valence-corrected chi connectivity index (χ1v) is 12.8. The van der Waals surface area contributed by atoms with Gasteiger partial charge in [0, 0.05) is 30.9 Å². The van der Waals surface area contributed by atoms with Crippen molar-refractivity contribution < 1.29 is 14.7 Å². The van der Waals surface area contributed by atoms with E-state index < -0.39 is 5.97 Å². The molecule has 0 radical (unpaired) electrons. The lowest BCUT2D eigenvalue weighted by molar-refractivity contribution is 0.0684. The Labute approximate surface area is 219 Å². The summed E-state index contributed by atoms with van der Waals surface area (Å²) < 4.78 is 1.50. The average Bonchev–Trinajstić information content (AvgIpc) is 3.16. The number of benzene rings is 2. The minimum Gasteiger partial charge on any atom is -0.477 e. The first kappa shape index (κ1) is 27.8. The number of carboxylic acid groups (broad SMARTS) is 1. The predicted molar refractivity (Wildman–Crippen MR) is 151 cm³/mol. The third-order valence-corrected chi connectivity index (χ3v) is 5.98. The normalized spacial score (nSPS) is 11.2. The number of amides is 2. The minimum atomic E-state index is -1.03. The topological polar surface area (TPSA) is 99.5 Å². The zero-order chi connectivity index (χ0) is 27.3. The van der Waals surface area contributed by atoms with Crippen molar-refractivity contribution in [2.45, 2.75) is 55.0 Å². The lowest BCUT2D eigenvalue weighted by Gasteiger charge is -2.30. The first-order chi connectivity index (χ1) is 17.5. The molecule has 3 aromatic rings. The Kier molecular flexibility index (Phi) is 8.97. The van der Waals surface area contributed by atoms with Gasteiger partial charge >= 0.3 is 12.0 Å². The van der Waals surface area contributed by atoms with Gasteiger partial charge in [-0.2, -0.15) is 5.10 Å². The van der Waals surface area contributed by atoms with E-state index in [4.69, 9.17) is 0 Å². The second kappa shape index (κ2) is 12.0. The molecule has 2 amide bonds. The van der Waals surface area contributed by atoms with Crippen LogP contribution in [0.25, 0.3) is 11.1 Å². The quantitative estimate of drug-likeness (QED) is 0.287. The zero-order valence-corrected chi connectivity index (χ0v) is 22.9. The Hall–Kier alpha value is -3.81. The number of rotatable bonds is 10. The van der Waals surface area contributed by atoms with Crippen LogP contribution in [-0.2, 0) is 6.54 Å². The van der Waals surface area contributed by atoms with Crippen molar-refractivity contribution in [3.63, 3.8) is 0 Å². The van der Waals surface area contributed by atoms with Gasteiger partial charge in [0.25, 0.3) is 0 Å². The summed E-state index contributed by atoms with van der Waals surface area (Å²) in [5, 5.41) is 20.3. The molecule has 3 N–H and O–H groups in total. The number of hydrogen-bond acceptors (Lipinski definition) is 4. The second-order valence-corrected chi connectivity index (χ2v) is 10.3. The number of urea groups is 1. The maximum atomic E-state index is 13.1. The molecule has 8 nitrogen and oxygen atoms in total. The molecule has 0 bridgehead atoms. The fraction of sp³-hybridized carbons (Fsp3) is 0.414. The van der Waals surface area contributed by atoms with Gasteiger partial charge in [0.1, 0.15) is 0 Å². The second-order valence-electron chi connectivity index (χ2n) is 10.3. The number of nitrogens with zero attached hydrogens (tertiary/aromatic N) is 3. The van der Waals surface area contributed by atoms with Crippen LogP contribution in [0.15, 0.2) is 42.5 Å². The van der Waals surface area contributed by atoms with Crippen molar-refractivity contribution in [3.8, 4) is 11.1 Å². The van der Waals surface area contributed by atoms with Crippen LogP contribution in [0, 0.1) is 25.7 Å². The summed E-state index contributed by atoms with van der Waals surface area (Å²) in [6.45, 7) is 16.4. The lowest BCUT2D eigenvalue weighted by Crippen LogP contribution is -2.32. The van der Waals surface area contributed by atoms with E-state index in [-0.39, 0.29) is 11.7 Å². The van der Waals surface area contributed by atoms with E-state index in [9.17, 15) is 14.7 Å². The van der Waals surface area contributed by atoms with Gasteiger partial charge in [-0.05, 0) is 62.4 Å². The molecule has 0 saturated carbocycles. The molecule has 0 unspecified atom stereocenters. The van der Waals surface area contributed by atoms with Crippen LogP contribution >= 0.6 is 0 Å².